The molecule has 2 aliphatic rings. The number of ketones is 1. The Bertz CT molecular complexity index is 963. The fourth-order valence-electron chi connectivity index (χ4n) is 4.27. The monoisotopic (exact) mass is 429 g/mol. The molecule has 1 aliphatic carbocycles. The molecule has 1 aromatic rings. The molecule has 0 radical (unpaired) electrons. The second-order valence-corrected chi connectivity index (χ2v) is 8.21. The number of allylic oxidation sites excluding steroid dienone is 3. The lowest BCUT2D eigenvalue weighted by molar-refractivity contribution is -0.151. The maximum Gasteiger partial charge on any atom is 0.337 e. The number of ether oxygens (including phenoxy) is 2. The number of Topliss-reactive ketones (excluding diaryl/α,β-unsaturated/α-hetero) is 1. The van der Waals surface area contributed by atoms with Gasteiger partial charge in [-0.05, 0) is 50.3 Å². The number of hydrogen-bond acceptors (Lipinski definition) is 6. The molecule has 0 unspecified atom stereocenters. The predicted molar refractivity (Wildman–Crippen MR) is 112 cm³/mol. The van der Waals surface area contributed by atoms with Crippen LogP contribution in [0.25, 0.3) is 0 Å². The number of carbonyl (C=O) groups is 3. The number of rotatable bonds is 5. The Kier molecular flexibility index (Phi) is 6.62. The van der Waals surface area contributed by atoms with Gasteiger partial charge < -0.3 is 14.8 Å². The van der Waals surface area contributed by atoms with Crippen LogP contribution in [0.3, 0.4) is 0 Å². The van der Waals surface area contributed by atoms with Crippen molar-refractivity contribution in [3.8, 4) is 0 Å². The second kappa shape index (κ2) is 9.04. The molecule has 1 aromatic carbocycles. The van der Waals surface area contributed by atoms with Crippen LogP contribution in [0.15, 0.2) is 46.8 Å². The van der Waals surface area contributed by atoms with E-state index in [2.05, 4.69) is 5.32 Å². The van der Waals surface area contributed by atoms with Gasteiger partial charge in [0.2, 0.25) is 0 Å². The number of esters is 2. The highest BCUT2D eigenvalue weighted by Gasteiger charge is 2.47. The zero-order chi connectivity index (χ0) is 22.9. The predicted octanol–water partition coefficient (Wildman–Crippen LogP) is 3.78. The lowest BCUT2D eigenvalue weighted by Gasteiger charge is -2.38. The zero-order valence-electron chi connectivity index (χ0n) is 18.5. The topological polar surface area (TPSA) is 81.7 Å². The highest BCUT2D eigenvalue weighted by atomic mass is 19.1. The van der Waals surface area contributed by atoms with Gasteiger partial charge in [0.1, 0.15) is 11.7 Å². The Morgan fingerprint density at radius 3 is 2.48 bits per heavy atom. The van der Waals surface area contributed by atoms with Gasteiger partial charge in [-0.1, -0.05) is 26.0 Å². The number of halogens is 1. The molecule has 0 fully saturated rings. The molecule has 0 amide bonds. The van der Waals surface area contributed by atoms with Crippen molar-refractivity contribution in [2.75, 3.05) is 7.11 Å². The third-order valence-electron chi connectivity index (χ3n) is 6.05. The zero-order valence-corrected chi connectivity index (χ0v) is 18.5. The van der Waals surface area contributed by atoms with Crippen LogP contribution < -0.4 is 5.32 Å². The Hall–Kier alpha value is -2.96. The smallest absolute Gasteiger partial charge is 0.337 e. The minimum absolute atomic E-state index is 0.263. The average molecular weight is 429 g/mol. The number of nitrogens with one attached hydrogen (secondary N) is 1. The van der Waals surface area contributed by atoms with Crippen LogP contribution in [-0.4, -0.2) is 30.9 Å². The van der Waals surface area contributed by atoms with Gasteiger partial charge in [-0.25, -0.2) is 9.18 Å². The summed E-state index contributed by atoms with van der Waals surface area (Å²) in [5.41, 5.74) is 2.46. The molecule has 166 valence electrons. The van der Waals surface area contributed by atoms with E-state index in [1.54, 1.807) is 26.0 Å². The molecule has 3 rings (SSSR count). The Morgan fingerprint density at radius 2 is 1.90 bits per heavy atom. The van der Waals surface area contributed by atoms with Crippen LogP contribution in [0.4, 0.5) is 4.39 Å². The molecule has 7 heteroatoms. The Morgan fingerprint density at radius 1 is 1.26 bits per heavy atom. The third-order valence-corrected chi connectivity index (χ3v) is 6.05. The molecule has 1 heterocycles. The van der Waals surface area contributed by atoms with Gasteiger partial charge in [-0.2, -0.15) is 0 Å². The van der Waals surface area contributed by atoms with Crippen molar-refractivity contribution in [3.05, 3.63) is 58.2 Å². The molecule has 0 spiro atoms. The number of hydrogen-bond donors (Lipinski definition) is 1. The second-order valence-electron chi connectivity index (χ2n) is 8.21. The summed E-state index contributed by atoms with van der Waals surface area (Å²) in [7, 11) is 1.25. The largest absolute Gasteiger partial charge is 0.468 e. The van der Waals surface area contributed by atoms with Crippen molar-refractivity contribution in [2.24, 2.45) is 11.8 Å². The maximum atomic E-state index is 13.6. The van der Waals surface area contributed by atoms with Gasteiger partial charge in [0.25, 0.3) is 0 Å². The molecule has 0 saturated carbocycles. The van der Waals surface area contributed by atoms with Crippen molar-refractivity contribution < 1.29 is 28.2 Å². The molecule has 1 N–H and O–H groups in total. The van der Waals surface area contributed by atoms with Gasteiger partial charge in [0, 0.05) is 22.9 Å². The fraction of sp³-hybridized carbons (Fsp3) is 0.458. The van der Waals surface area contributed by atoms with E-state index in [1.807, 2.05) is 13.8 Å². The van der Waals surface area contributed by atoms with Crippen LogP contribution >= 0.6 is 0 Å². The van der Waals surface area contributed by atoms with Crippen molar-refractivity contribution in [3.63, 3.8) is 0 Å². The minimum Gasteiger partial charge on any atom is -0.468 e. The molecular weight excluding hydrogens is 401 g/mol. The maximum absolute atomic E-state index is 13.6. The number of carbonyl (C=O) groups excluding carboxylic acids is 3. The highest BCUT2D eigenvalue weighted by molar-refractivity contribution is 6.12. The average Bonchev–Trinajstić information content (AvgIpc) is 2.72. The van der Waals surface area contributed by atoms with Gasteiger partial charge in [-0.3, -0.25) is 9.59 Å². The lowest BCUT2D eigenvalue weighted by Crippen LogP contribution is -2.43. The van der Waals surface area contributed by atoms with E-state index in [-0.39, 0.29) is 23.4 Å². The third kappa shape index (κ3) is 4.27. The standard InChI is InChI=1S/C24H28FNO5/c1-6-13(3)31-24(29)19-14(4)26-17-11-12(2)18(23(28)30-5)22(27)21(17)20(19)15-7-9-16(25)10-8-15/h7-10,12-13,18,20,26H,6,11H2,1-5H3/t12-,13+,18+,20+/m0/s1. The van der Waals surface area contributed by atoms with E-state index in [4.69, 9.17) is 9.47 Å². The SMILES string of the molecule is CC[C@@H](C)OC(=O)C1=C(C)NC2=C(C(=O)[C@H](C(=O)OC)[C@@H](C)C2)[C@@H]1c1ccc(F)cc1. The first-order chi connectivity index (χ1) is 14.7. The van der Waals surface area contributed by atoms with Crippen molar-refractivity contribution in [1.29, 1.82) is 0 Å². The molecule has 31 heavy (non-hydrogen) atoms. The van der Waals surface area contributed by atoms with Crippen LogP contribution in [0.2, 0.25) is 0 Å². The van der Waals surface area contributed by atoms with E-state index in [1.165, 1.54) is 19.2 Å². The molecule has 0 saturated heterocycles. The summed E-state index contributed by atoms with van der Waals surface area (Å²) in [5.74, 6) is -3.94. The van der Waals surface area contributed by atoms with Gasteiger partial charge in [0.15, 0.2) is 5.78 Å². The summed E-state index contributed by atoms with van der Waals surface area (Å²) >= 11 is 0. The first-order valence-corrected chi connectivity index (χ1v) is 10.5. The molecule has 6 nitrogen and oxygen atoms in total. The van der Waals surface area contributed by atoms with E-state index in [9.17, 15) is 18.8 Å². The number of methoxy groups -OCH3 is 1. The van der Waals surface area contributed by atoms with Crippen molar-refractivity contribution in [2.45, 2.75) is 52.6 Å². The van der Waals surface area contributed by atoms with Gasteiger partial charge in [0.05, 0.1) is 18.8 Å². The summed E-state index contributed by atoms with van der Waals surface area (Å²) in [5, 5.41) is 3.20. The van der Waals surface area contributed by atoms with Crippen LogP contribution in [0, 0.1) is 17.7 Å². The van der Waals surface area contributed by atoms with E-state index in [0.717, 1.165) is 0 Å². The normalized spacial score (nSPS) is 24.3. The summed E-state index contributed by atoms with van der Waals surface area (Å²) in [4.78, 5) is 39.0. The van der Waals surface area contributed by atoms with Crippen molar-refractivity contribution in [1.82, 2.24) is 5.32 Å². The van der Waals surface area contributed by atoms with Crippen molar-refractivity contribution >= 4 is 17.7 Å². The van der Waals surface area contributed by atoms with Gasteiger partial charge in [-0.15, -0.1) is 0 Å². The lowest BCUT2D eigenvalue weighted by atomic mass is 9.69. The first kappa shape index (κ1) is 22.7. The quantitative estimate of drug-likeness (QED) is 0.567. The van der Waals surface area contributed by atoms with Gasteiger partial charge >= 0.3 is 11.9 Å². The van der Waals surface area contributed by atoms with Crippen LogP contribution in [0.1, 0.15) is 52.0 Å². The Balaban J connectivity index is 2.15. The van der Waals surface area contributed by atoms with E-state index >= 15 is 0 Å². The Labute approximate surface area is 181 Å². The molecule has 0 aromatic heterocycles. The molecule has 0 bridgehead atoms. The first-order valence-electron chi connectivity index (χ1n) is 10.5. The van der Waals surface area contributed by atoms with Crippen LogP contribution in [-0.2, 0) is 23.9 Å². The van der Waals surface area contributed by atoms with E-state index in [0.29, 0.717) is 35.4 Å². The molecule has 1 aliphatic heterocycles. The van der Waals surface area contributed by atoms with Crippen LogP contribution in [0.5, 0.6) is 0 Å². The summed E-state index contributed by atoms with van der Waals surface area (Å²) in [6, 6.07) is 5.69. The summed E-state index contributed by atoms with van der Waals surface area (Å²) in [6.45, 7) is 7.28. The van der Waals surface area contributed by atoms with E-state index < -0.39 is 29.6 Å². The number of dihydropyridines is 1. The minimum atomic E-state index is -0.959. The summed E-state index contributed by atoms with van der Waals surface area (Å²) in [6.07, 6.45) is 0.785. The highest BCUT2D eigenvalue weighted by Crippen LogP contribution is 2.45. The fourth-order valence-corrected chi connectivity index (χ4v) is 4.27. The summed E-state index contributed by atoms with van der Waals surface area (Å²) < 4.78 is 24.1. The molecule has 4 atom stereocenters. The molecular formula is C24H28FNO5. The number of benzene rings is 1.